The minimum atomic E-state index is -1.22. The van der Waals surface area contributed by atoms with Crippen molar-refractivity contribution in [3.63, 3.8) is 0 Å². The maximum atomic E-state index is 3.22. The van der Waals surface area contributed by atoms with Gasteiger partial charge in [0.1, 0.15) is 6.15 Å². The molecule has 6 aliphatic rings. The molecule has 0 aliphatic carbocycles. The minimum absolute atomic E-state index is 0. The molecule has 0 aromatic heterocycles. The van der Waals surface area contributed by atoms with Gasteiger partial charge in [-0.05, 0) is 37.2 Å². The van der Waals surface area contributed by atoms with Gasteiger partial charge in [0, 0.05) is 72.4 Å². The Morgan fingerprint density at radius 3 is 0.810 bits per heavy atom. The first-order valence-corrected chi connectivity index (χ1v) is 20.4. The Morgan fingerprint density at radius 2 is 0.603 bits per heavy atom. The Bertz CT molecular complexity index is 1970. The SMILES string of the molecule is CN1[C]N([B-](N2[C]N(C)C=C2)N2[C]N(C)C=C2)C=C1.CN1[C]N([B-](N2[C]NC=C2)N2[C]N(C)C=C2)C=C1.[Fe+3].c1ccc([B-](c2ccccc2)(c2ccccc2)c2ccccc2)cc1. The van der Waals surface area contributed by atoms with Crippen molar-refractivity contribution >= 4 is 42.2 Å². The van der Waals surface area contributed by atoms with Gasteiger partial charge in [-0.2, -0.15) is 21.9 Å². The minimum Gasteiger partial charge on any atom is -0.509 e. The molecule has 4 aromatic rings. The Morgan fingerprint density at radius 1 is 0.349 bits per heavy atom. The van der Waals surface area contributed by atoms with E-state index in [1.807, 2.05) is 163 Å². The summed E-state index contributed by atoms with van der Waals surface area (Å²) >= 11 is 0. The second-order valence-corrected chi connectivity index (χ2v) is 15.3. The summed E-state index contributed by atoms with van der Waals surface area (Å²) in [5.74, 6) is 0. The van der Waals surface area contributed by atoms with Crippen LogP contribution in [-0.4, -0.2) is 109 Å². The van der Waals surface area contributed by atoms with E-state index in [2.05, 4.69) is 167 Å². The van der Waals surface area contributed by atoms with Crippen LogP contribution in [0.3, 0.4) is 0 Å². The fraction of sp³-hybridized carbons (Fsp3) is 0.106. The topological polar surface area (TPSA) is 47.7 Å². The standard InChI is InChI=1S/C24H20B.C12H15BN6.C11H13BN6.Fe/c1-5-13-21(14-6-1)25(22-15-7-2-8-16-22,23-17-9-3-10-18-23)24-19-11-4-12-20-24;1-14-4-7-17(10-14)13(18-8-5-15(2)11-18)19-9-6-16(3)12-19;1-14-5-7-17(10-14)12(16-4-3-13-9-16)18-8-6-15(2)11-18;/h1-20H;4-9H,1-3H3;3-8,13H,1-2H3;/q3*-1;+3. The summed E-state index contributed by atoms with van der Waals surface area (Å²) in [5.41, 5.74) is 5.36. The third kappa shape index (κ3) is 10.1. The summed E-state index contributed by atoms with van der Waals surface area (Å²) in [6.45, 7) is 19.1. The quantitative estimate of drug-likeness (QED) is 0.239. The molecule has 0 bridgehead atoms. The van der Waals surface area contributed by atoms with Crippen LogP contribution in [0.1, 0.15) is 0 Å². The summed E-state index contributed by atoms with van der Waals surface area (Å²) < 4.78 is 0. The van der Waals surface area contributed by atoms with E-state index in [1.165, 1.54) is 21.9 Å². The molecule has 0 saturated heterocycles. The number of hydrogen-bond acceptors (Lipinski definition) is 12. The Labute approximate surface area is 387 Å². The first-order chi connectivity index (χ1) is 30.3. The monoisotopic (exact) mass is 869 g/mol. The Hall–Kier alpha value is -6.37. The van der Waals surface area contributed by atoms with Crippen molar-refractivity contribution in [2.24, 2.45) is 0 Å². The van der Waals surface area contributed by atoms with Crippen molar-refractivity contribution in [1.82, 2.24) is 58.7 Å². The zero-order valence-corrected chi connectivity index (χ0v) is 37.1. The molecular weight excluding hydrogens is 821 g/mol. The molecule has 0 amide bonds. The normalized spacial score (nSPS) is 17.4. The molecule has 10 rings (SSSR count). The summed E-state index contributed by atoms with van der Waals surface area (Å²) in [5, 5.41) is 2.93. The summed E-state index contributed by atoms with van der Waals surface area (Å²) in [7, 11) is 9.52. The number of benzene rings is 4. The molecule has 6 aliphatic heterocycles. The van der Waals surface area contributed by atoms with Crippen LogP contribution in [0.25, 0.3) is 0 Å². The fourth-order valence-electron chi connectivity index (χ4n) is 8.07. The molecule has 1 N–H and O–H groups in total. The van der Waals surface area contributed by atoms with E-state index in [-0.39, 0.29) is 31.3 Å². The van der Waals surface area contributed by atoms with E-state index in [9.17, 15) is 0 Å². The van der Waals surface area contributed by atoms with Crippen LogP contribution in [0, 0.1) is 40.0 Å². The van der Waals surface area contributed by atoms with Gasteiger partial charge in [0.2, 0.25) is 0 Å². The maximum absolute atomic E-state index is 3.22. The van der Waals surface area contributed by atoms with Gasteiger partial charge in [0.25, 0.3) is 0 Å². The van der Waals surface area contributed by atoms with E-state index in [1.54, 1.807) is 0 Å². The van der Waals surface area contributed by atoms with E-state index >= 15 is 0 Å². The molecule has 0 unspecified atom stereocenters. The van der Waals surface area contributed by atoms with Crippen LogP contribution < -0.4 is 27.2 Å². The van der Waals surface area contributed by atoms with Gasteiger partial charge in [0.05, 0.1) is 0 Å². The molecule has 0 spiro atoms. The van der Waals surface area contributed by atoms with Gasteiger partial charge in [-0.3, -0.25) is 0 Å². The average molecular weight is 869 g/mol. The van der Waals surface area contributed by atoms with E-state index in [0.717, 1.165) is 0 Å². The van der Waals surface area contributed by atoms with Gasteiger partial charge in [-0.1, -0.05) is 121 Å². The molecule has 15 radical (unpaired) electrons. The zero-order valence-electron chi connectivity index (χ0n) is 36.0. The van der Waals surface area contributed by atoms with Crippen LogP contribution in [0.2, 0.25) is 0 Å². The van der Waals surface area contributed by atoms with Gasteiger partial charge in [-0.15, -0.1) is 0 Å². The molecule has 4 aromatic carbocycles. The molecule has 12 nitrogen and oxygen atoms in total. The second-order valence-electron chi connectivity index (χ2n) is 15.3. The summed E-state index contributed by atoms with van der Waals surface area (Å²) in [4.78, 5) is 21.2. The predicted molar refractivity (Wildman–Crippen MR) is 249 cm³/mol. The average Bonchev–Trinajstić information content (AvgIpc) is 4.19. The van der Waals surface area contributed by atoms with Crippen molar-refractivity contribution < 1.29 is 17.1 Å². The van der Waals surface area contributed by atoms with Crippen LogP contribution in [0.5, 0.6) is 0 Å². The third-order valence-electron chi connectivity index (χ3n) is 10.8. The molecule has 0 fully saturated rings. The van der Waals surface area contributed by atoms with E-state index < -0.39 is 6.15 Å². The van der Waals surface area contributed by atoms with E-state index in [0.29, 0.717) is 0 Å². The summed E-state index contributed by atoms with van der Waals surface area (Å²) in [6, 6.07) is 43.5. The largest absolute Gasteiger partial charge is 3.00 e. The number of hydrogen-bond donors (Lipinski definition) is 1. The van der Waals surface area contributed by atoms with Crippen molar-refractivity contribution in [1.29, 1.82) is 0 Å². The van der Waals surface area contributed by atoms with Crippen molar-refractivity contribution in [2.75, 3.05) is 35.2 Å². The van der Waals surface area contributed by atoms with Crippen molar-refractivity contribution in [3.05, 3.63) is 236 Å². The second kappa shape index (κ2) is 20.7. The number of rotatable bonds is 10. The summed E-state index contributed by atoms with van der Waals surface area (Å²) in [6.07, 6.45) is 22.2. The third-order valence-corrected chi connectivity index (χ3v) is 10.8. The number of nitrogens with zero attached hydrogens (tertiary/aromatic N) is 11. The molecule has 63 heavy (non-hydrogen) atoms. The van der Waals surface area contributed by atoms with Crippen LogP contribution in [0.4, 0.5) is 0 Å². The smallest absolute Gasteiger partial charge is 0.509 e. The molecule has 0 saturated carbocycles. The molecular formula is C47H48B3FeN12. The van der Waals surface area contributed by atoms with E-state index in [4.69, 9.17) is 0 Å². The van der Waals surface area contributed by atoms with Gasteiger partial charge in [0.15, 0.2) is 54.2 Å². The Kier molecular flexibility index (Phi) is 14.7. The molecule has 16 heteroatoms. The molecule has 6 heterocycles. The van der Waals surface area contributed by atoms with Gasteiger partial charge in [-0.25, -0.2) is 0 Å². The van der Waals surface area contributed by atoms with Crippen LogP contribution in [0.15, 0.2) is 196 Å². The Balaban J connectivity index is 0.000000143. The first-order valence-electron chi connectivity index (χ1n) is 20.4. The first kappa shape index (κ1) is 44.7. The van der Waals surface area contributed by atoms with Gasteiger partial charge >= 0.3 is 17.1 Å². The number of nitrogens with one attached hydrogen (secondary N) is 1. The fourth-order valence-corrected chi connectivity index (χ4v) is 8.07. The van der Waals surface area contributed by atoms with Crippen molar-refractivity contribution in [3.8, 4) is 0 Å². The van der Waals surface area contributed by atoms with Crippen molar-refractivity contribution in [2.45, 2.75) is 0 Å². The molecule has 0 atom stereocenters. The van der Waals surface area contributed by atoms with Gasteiger partial charge < -0.3 is 58.7 Å². The zero-order chi connectivity index (χ0) is 42.9. The van der Waals surface area contributed by atoms with Crippen LogP contribution in [-0.2, 0) is 17.1 Å². The predicted octanol–water partition coefficient (Wildman–Crippen LogP) is 2.95. The molecule has 313 valence electrons. The van der Waals surface area contributed by atoms with Crippen LogP contribution >= 0.6 is 0 Å². The maximum Gasteiger partial charge on any atom is 3.00 e.